The monoisotopic (exact) mass is 231 g/mol. The summed E-state index contributed by atoms with van der Waals surface area (Å²) in [4.78, 5) is 15.3. The molecular weight excluding hydrogens is 222 g/mol. The molecule has 0 N–H and O–H groups in total. The largest absolute Gasteiger partial charge is 0.273 e. The van der Waals surface area contributed by atoms with E-state index in [0.717, 1.165) is 5.56 Å². The molecule has 0 aliphatic carbocycles. The topological polar surface area (TPSA) is 30.0 Å². The summed E-state index contributed by atoms with van der Waals surface area (Å²) in [7, 11) is 0. The van der Waals surface area contributed by atoms with Gasteiger partial charge in [0.25, 0.3) is 5.56 Å². The normalized spacial score (nSPS) is 10.1. The van der Waals surface area contributed by atoms with Gasteiger partial charge in [-0.1, -0.05) is 35.9 Å². The molecule has 1 aromatic heterocycles. The molecule has 0 atom stereocenters. The second kappa shape index (κ2) is 4.90. The molecule has 0 bridgehead atoms. The molecule has 0 unspecified atom stereocenters. The van der Waals surface area contributed by atoms with E-state index in [1.807, 2.05) is 30.3 Å². The molecule has 1 heterocycles. The maximum absolute atomic E-state index is 11.6. The third-order valence-corrected chi connectivity index (χ3v) is 2.52. The van der Waals surface area contributed by atoms with Crippen LogP contribution in [0.4, 0.5) is 0 Å². The van der Waals surface area contributed by atoms with Gasteiger partial charge in [-0.05, 0) is 23.8 Å². The summed E-state index contributed by atoms with van der Waals surface area (Å²) in [5.41, 5.74) is 1.56. The van der Waals surface area contributed by atoms with E-state index in [1.54, 1.807) is 12.1 Å². The number of hydrogen-bond acceptors (Lipinski definition) is 2. The van der Waals surface area contributed by atoms with Crippen LogP contribution in [0.1, 0.15) is 11.1 Å². The van der Waals surface area contributed by atoms with E-state index in [2.05, 4.69) is 4.98 Å². The lowest BCUT2D eigenvalue weighted by molar-refractivity contribution is 1.12. The zero-order valence-electron chi connectivity index (χ0n) is 8.56. The fourth-order valence-corrected chi connectivity index (χ4v) is 1.57. The molecular formula is C13H10ClNO. The predicted molar refractivity (Wildman–Crippen MR) is 64.8 cm³/mol. The summed E-state index contributed by atoms with van der Waals surface area (Å²) in [6.45, 7) is 0. The quantitative estimate of drug-likeness (QED) is 0.796. The molecule has 80 valence electrons. The molecule has 3 heteroatoms. The second-order valence-corrected chi connectivity index (χ2v) is 3.90. The van der Waals surface area contributed by atoms with Crippen LogP contribution in [-0.2, 0) is 6.42 Å². The zero-order chi connectivity index (χ0) is 11.4. The Morgan fingerprint density at radius 3 is 2.56 bits per heavy atom. The maximum Gasteiger partial charge on any atom is 0.273 e. The summed E-state index contributed by atoms with van der Waals surface area (Å²) in [5.74, 6) is 0. The average molecular weight is 232 g/mol. The van der Waals surface area contributed by atoms with Crippen molar-refractivity contribution in [3.05, 3.63) is 75.2 Å². The fraction of sp³-hybridized carbons (Fsp3) is 0.0769. The Morgan fingerprint density at radius 1 is 1.06 bits per heavy atom. The van der Waals surface area contributed by atoms with Crippen molar-refractivity contribution in [3.63, 3.8) is 0 Å². The molecule has 2 rings (SSSR count). The minimum Gasteiger partial charge on any atom is -0.267 e. The zero-order valence-corrected chi connectivity index (χ0v) is 9.32. The Balaban J connectivity index is 2.31. The maximum atomic E-state index is 11.6. The molecule has 0 fully saturated rings. The summed E-state index contributed by atoms with van der Waals surface area (Å²) < 4.78 is 0. The van der Waals surface area contributed by atoms with Crippen LogP contribution in [0.2, 0.25) is 5.02 Å². The van der Waals surface area contributed by atoms with Crippen molar-refractivity contribution in [1.29, 1.82) is 0 Å². The first-order valence-electron chi connectivity index (χ1n) is 4.94. The minimum absolute atomic E-state index is 0.181. The van der Waals surface area contributed by atoms with Crippen LogP contribution in [0.15, 0.2) is 53.5 Å². The van der Waals surface area contributed by atoms with Crippen molar-refractivity contribution in [2.45, 2.75) is 6.42 Å². The van der Waals surface area contributed by atoms with Crippen molar-refractivity contribution in [1.82, 2.24) is 4.98 Å². The highest BCUT2D eigenvalue weighted by atomic mass is 35.5. The van der Waals surface area contributed by atoms with Gasteiger partial charge in [-0.25, -0.2) is 4.98 Å². The van der Waals surface area contributed by atoms with Crippen molar-refractivity contribution in [3.8, 4) is 0 Å². The number of halogens is 1. The smallest absolute Gasteiger partial charge is 0.267 e. The summed E-state index contributed by atoms with van der Waals surface area (Å²) in [5, 5.41) is 0.697. The van der Waals surface area contributed by atoms with Gasteiger partial charge in [0, 0.05) is 23.2 Å². The third kappa shape index (κ3) is 2.67. The van der Waals surface area contributed by atoms with E-state index in [4.69, 9.17) is 11.6 Å². The van der Waals surface area contributed by atoms with Gasteiger partial charge in [0.15, 0.2) is 0 Å². The minimum atomic E-state index is -0.181. The highest BCUT2D eigenvalue weighted by Crippen LogP contribution is 2.11. The molecule has 2 nitrogen and oxygen atoms in total. The van der Waals surface area contributed by atoms with Crippen LogP contribution in [0, 0.1) is 0 Å². The van der Waals surface area contributed by atoms with Gasteiger partial charge in [0.1, 0.15) is 0 Å². The lowest BCUT2D eigenvalue weighted by atomic mass is 10.1. The van der Waals surface area contributed by atoms with Gasteiger partial charge in [0.2, 0.25) is 0 Å². The third-order valence-electron chi connectivity index (χ3n) is 2.27. The molecule has 1 aromatic carbocycles. The Morgan fingerprint density at radius 2 is 1.81 bits per heavy atom. The first-order chi connectivity index (χ1) is 7.75. The van der Waals surface area contributed by atoms with Gasteiger partial charge < -0.3 is 0 Å². The molecule has 0 spiro atoms. The van der Waals surface area contributed by atoms with E-state index in [0.29, 0.717) is 17.0 Å². The number of aromatic nitrogens is 1. The molecule has 0 saturated carbocycles. The SMILES string of the molecule is O=c1nccccc1Cc1ccc(Cl)cc1. The van der Waals surface area contributed by atoms with Crippen LogP contribution in [0.25, 0.3) is 0 Å². The van der Waals surface area contributed by atoms with Crippen molar-refractivity contribution in [2.24, 2.45) is 0 Å². The molecule has 0 saturated heterocycles. The van der Waals surface area contributed by atoms with Crippen molar-refractivity contribution >= 4 is 11.6 Å². The Labute approximate surface area is 98.5 Å². The highest BCUT2D eigenvalue weighted by molar-refractivity contribution is 6.30. The predicted octanol–water partition coefficient (Wildman–Crippen LogP) is 2.69. The van der Waals surface area contributed by atoms with Crippen LogP contribution >= 0.6 is 11.6 Å². The lowest BCUT2D eigenvalue weighted by Crippen LogP contribution is -2.08. The summed E-state index contributed by atoms with van der Waals surface area (Å²) >= 11 is 5.79. The van der Waals surface area contributed by atoms with Crippen LogP contribution in [0.5, 0.6) is 0 Å². The molecule has 2 aromatic rings. The lowest BCUT2D eigenvalue weighted by Gasteiger charge is -1.98. The Hall–Kier alpha value is -1.67. The summed E-state index contributed by atoms with van der Waals surface area (Å²) in [6, 6.07) is 12.8. The first-order valence-corrected chi connectivity index (χ1v) is 5.32. The fourth-order valence-electron chi connectivity index (χ4n) is 1.44. The second-order valence-electron chi connectivity index (χ2n) is 3.46. The van der Waals surface area contributed by atoms with E-state index in [9.17, 15) is 4.79 Å². The number of nitrogens with zero attached hydrogens (tertiary/aromatic N) is 1. The molecule has 0 radical (unpaired) electrons. The van der Waals surface area contributed by atoms with Gasteiger partial charge >= 0.3 is 0 Å². The number of benzene rings is 1. The molecule has 0 aliphatic heterocycles. The van der Waals surface area contributed by atoms with Crippen molar-refractivity contribution in [2.75, 3.05) is 0 Å². The van der Waals surface area contributed by atoms with Gasteiger partial charge in [-0.3, -0.25) is 4.79 Å². The Kier molecular flexibility index (Phi) is 3.32. The first kappa shape index (κ1) is 10.8. The number of hydrogen-bond donors (Lipinski definition) is 0. The Bertz CT molecular complexity index is 537. The highest BCUT2D eigenvalue weighted by Gasteiger charge is 1.99. The van der Waals surface area contributed by atoms with Crippen LogP contribution in [-0.4, -0.2) is 4.98 Å². The van der Waals surface area contributed by atoms with E-state index < -0.39 is 0 Å². The van der Waals surface area contributed by atoms with E-state index in [1.165, 1.54) is 6.20 Å². The van der Waals surface area contributed by atoms with Crippen LogP contribution < -0.4 is 5.56 Å². The number of rotatable bonds is 2. The average Bonchev–Trinajstić information content (AvgIpc) is 2.48. The standard InChI is InChI=1S/C13H10ClNO/c14-12-6-4-10(5-7-12)9-11-3-1-2-8-15-13(11)16/h1-8H,9H2. The molecule has 16 heavy (non-hydrogen) atoms. The van der Waals surface area contributed by atoms with Gasteiger partial charge in [-0.15, -0.1) is 0 Å². The van der Waals surface area contributed by atoms with Gasteiger partial charge in [0.05, 0.1) is 0 Å². The van der Waals surface area contributed by atoms with Crippen molar-refractivity contribution < 1.29 is 0 Å². The van der Waals surface area contributed by atoms with E-state index in [-0.39, 0.29) is 5.56 Å². The molecule has 0 amide bonds. The summed E-state index contributed by atoms with van der Waals surface area (Å²) in [6.07, 6.45) is 2.09. The van der Waals surface area contributed by atoms with Gasteiger partial charge in [-0.2, -0.15) is 0 Å². The molecule has 0 aliphatic rings. The van der Waals surface area contributed by atoms with E-state index >= 15 is 0 Å². The van der Waals surface area contributed by atoms with Crippen LogP contribution in [0.3, 0.4) is 0 Å².